The number of hydrogen-bond acceptors (Lipinski definition) is 10. The predicted molar refractivity (Wildman–Crippen MR) is 161 cm³/mol. The Morgan fingerprint density at radius 3 is 1.40 bits per heavy atom. The van der Waals surface area contributed by atoms with E-state index in [9.17, 15) is 4.79 Å². The average Bonchev–Trinajstić information content (AvgIpc) is 3.62. The second-order valence-electron chi connectivity index (χ2n) is 8.59. The lowest BCUT2D eigenvalue weighted by atomic mass is 10.0. The third-order valence-corrected chi connectivity index (χ3v) is 8.03. The third-order valence-electron chi connectivity index (χ3n) is 6.07. The number of aromatic nitrogens is 2. The van der Waals surface area contributed by atoms with E-state index in [0.29, 0.717) is 0 Å². The molecular formula is C30H38N2O6S2. The maximum Gasteiger partial charge on any atom is 0.270 e. The number of Topliss-reactive ketones (excluding diaryl/α,β-unsaturated/α-hetero) is 1. The minimum atomic E-state index is -0.693. The zero-order valence-corrected chi connectivity index (χ0v) is 26.1. The molecule has 10 heteroatoms. The van der Waals surface area contributed by atoms with Gasteiger partial charge in [0.05, 0.1) is 32.2 Å². The van der Waals surface area contributed by atoms with Gasteiger partial charge in [0, 0.05) is 46.7 Å². The monoisotopic (exact) mass is 586 g/mol. The number of thiazole rings is 2. The Morgan fingerprint density at radius 2 is 1.12 bits per heavy atom. The van der Waals surface area contributed by atoms with Gasteiger partial charge in [-0.25, -0.2) is 9.97 Å². The number of nitrogens with zero attached hydrogens (tertiary/aromatic N) is 2. The van der Waals surface area contributed by atoms with Gasteiger partial charge in [-0.15, -0.1) is 22.7 Å². The molecule has 216 valence electrons. The van der Waals surface area contributed by atoms with Crippen molar-refractivity contribution in [3.05, 3.63) is 82.1 Å². The van der Waals surface area contributed by atoms with Crippen molar-refractivity contribution < 1.29 is 28.5 Å². The average molecular weight is 587 g/mol. The van der Waals surface area contributed by atoms with Crippen LogP contribution in [0.5, 0.6) is 0 Å². The molecule has 0 radical (unpaired) electrons. The summed E-state index contributed by atoms with van der Waals surface area (Å²) in [5.74, 6) is -0.594. The highest BCUT2D eigenvalue weighted by molar-refractivity contribution is 7.13. The van der Waals surface area contributed by atoms with Gasteiger partial charge in [0.2, 0.25) is 0 Å². The molecule has 2 aromatic carbocycles. The minimum Gasteiger partial charge on any atom is -0.349 e. The first kappa shape index (κ1) is 33.4. The van der Waals surface area contributed by atoms with Gasteiger partial charge < -0.3 is 23.7 Å². The molecule has 4 rings (SSSR count). The maximum absolute atomic E-state index is 11.1. The highest BCUT2D eigenvalue weighted by atomic mass is 32.1. The number of carbonyl (C=O) groups is 1. The quantitative estimate of drug-likeness (QED) is 0.151. The molecule has 0 spiro atoms. The van der Waals surface area contributed by atoms with Crippen LogP contribution < -0.4 is 0 Å². The lowest BCUT2D eigenvalue weighted by Crippen LogP contribution is -2.26. The molecule has 0 saturated heterocycles. The lowest BCUT2D eigenvalue weighted by molar-refractivity contribution is -0.252. The first-order valence-corrected chi connectivity index (χ1v) is 14.1. The van der Waals surface area contributed by atoms with Crippen molar-refractivity contribution in [1.82, 2.24) is 9.97 Å². The summed E-state index contributed by atoms with van der Waals surface area (Å²) in [6.07, 6.45) is 0. The normalized spacial score (nSPS) is 10.9. The van der Waals surface area contributed by atoms with Crippen LogP contribution in [0.25, 0.3) is 20.9 Å². The summed E-state index contributed by atoms with van der Waals surface area (Å²) in [7, 11) is 7.82. The first-order chi connectivity index (χ1) is 19.1. The molecule has 0 saturated carbocycles. The van der Waals surface area contributed by atoms with E-state index in [1.54, 1.807) is 43.8 Å². The number of rotatable bonds is 9. The minimum absolute atomic E-state index is 0.0996. The maximum atomic E-state index is 11.1. The van der Waals surface area contributed by atoms with Crippen LogP contribution in [0.2, 0.25) is 0 Å². The fraction of sp³-hybridized carbons (Fsp3) is 0.367. The van der Waals surface area contributed by atoms with E-state index in [0.717, 1.165) is 28.1 Å². The molecule has 0 bridgehead atoms. The Morgan fingerprint density at radius 1 is 0.725 bits per heavy atom. The van der Waals surface area contributed by atoms with Gasteiger partial charge in [0.1, 0.15) is 0 Å². The zero-order valence-electron chi connectivity index (χ0n) is 24.5. The van der Waals surface area contributed by atoms with Gasteiger partial charge in [0.15, 0.2) is 11.6 Å². The summed E-state index contributed by atoms with van der Waals surface area (Å²) in [5.41, 5.74) is 9.86. The molecule has 0 unspecified atom stereocenters. The predicted octanol–water partition coefficient (Wildman–Crippen LogP) is 7.11. The fourth-order valence-corrected chi connectivity index (χ4v) is 5.17. The van der Waals surface area contributed by atoms with Gasteiger partial charge in [-0.3, -0.25) is 4.79 Å². The van der Waals surface area contributed by atoms with Gasteiger partial charge >= 0.3 is 0 Å². The van der Waals surface area contributed by atoms with Crippen molar-refractivity contribution in [1.29, 1.82) is 0 Å². The Kier molecular flexibility index (Phi) is 13.7. The van der Waals surface area contributed by atoms with Crippen LogP contribution in [-0.4, -0.2) is 57.8 Å². The number of aryl methyl sites for hydroxylation is 2. The van der Waals surface area contributed by atoms with Crippen LogP contribution in [0.15, 0.2) is 59.6 Å². The van der Waals surface area contributed by atoms with E-state index in [4.69, 9.17) is 9.47 Å². The molecule has 0 amide bonds. The van der Waals surface area contributed by atoms with Crippen LogP contribution in [-0.2, 0) is 29.5 Å². The number of ketones is 1. The van der Waals surface area contributed by atoms with Crippen LogP contribution >= 0.6 is 22.7 Å². The molecule has 40 heavy (non-hydrogen) atoms. The van der Waals surface area contributed by atoms with Crippen molar-refractivity contribution >= 4 is 28.5 Å². The summed E-state index contributed by atoms with van der Waals surface area (Å²) < 4.78 is 24.6. The largest absolute Gasteiger partial charge is 0.349 e. The number of hydrogen-bond donors (Lipinski definition) is 0. The van der Waals surface area contributed by atoms with Gasteiger partial charge in [-0.1, -0.05) is 48.5 Å². The van der Waals surface area contributed by atoms with Crippen LogP contribution in [0.1, 0.15) is 41.2 Å². The molecule has 2 heterocycles. The first-order valence-electron chi connectivity index (χ1n) is 12.3. The van der Waals surface area contributed by atoms with E-state index >= 15 is 0 Å². The van der Waals surface area contributed by atoms with Crippen molar-refractivity contribution in [3.8, 4) is 20.9 Å². The second kappa shape index (κ2) is 16.4. The Labute approximate surface area is 244 Å². The second-order valence-corrected chi connectivity index (χ2v) is 10.3. The van der Waals surface area contributed by atoms with Crippen LogP contribution in [0.3, 0.4) is 0 Å². The topological polar surface area (TPSA) is 89.0 Å². The van der Waals surface area contributed by atoms with Gasteiger partial charge in [0.25, 0.3) is 6.48 Å². The molecule has 8 nitrogen and oxygen atoms in total. The van der Waals surface area contributed by atoms with Crippen molar-refractivity contribution in [2.45, 2.75) is 40.0 Å². The number of ether oxygens (including phenoxy) is 5. The summed E-state index contributed by atoms with van der Waals surface area (Å²) in [6, 6.07) is 15.9. The van der Waals surface area contributed by atoms with E-state index in [2.05, 4.69) is 36.3 Å². The highest BCUT2D eigenvalue weighted by Gasteiger charge is 2.25. The molecule has 0 fully saturated rings. The lowest BCUT2D eigenvalue weighted by Gasteiger charge is -2.26. The molecule has 0 aliphatic heterocycles. The molecule has 0 aliphatic rings. The van der Waals surface area contributed by atoms with Gasteiger partial charge in [-0.05, 0) is 38.8 Å². The van der Waals surface area contributed by atoms with E-state index < -0.39 is 12.3 Å². The molecule has 0 aliphatic carbocycles. The Hall–Kier alpha value is -2.83. The van der Waals surface area contributed by atoms with Gasteiger partial charge in [-0.2, -0.15) is 0 Å². The summed E-state index contributed by atoms with van der Waals surface area (Å²) in [6.45, 7) is 6.98. The number of methoxy groups -OCH3 is 5. The third kappa shape index (κ3) is 9.10. The van der Waals surface area contributed by atoms with E-state index in [1.807, 2.05) is 68.2 Å². The van der Waals surface area contributed by atoms with E-state index in [1.165, 1.54) is 36.6 Å². The Balaban J connectivity index is 0.000000230. The fourth-order valence-electron chi connectivity index (χ4n) is 3.55. The number of benzene rings is 2. The van der Waals surface area contributed by atoms with Crippen molar-refractivity contribution in [2.24, 2.45) is 0 Å². The van der Waals surface area contributed by atoms with Crippen molar-refractivity contribution in [3.63, 3.8) is 0 Å². The molecule has 2 aromatic heterocycles. The zero-order chi connectivity index (χ0) is 29.7. The summed E-state index contributed by atoms with van der Waals surface area (Å²) in [5, 5.41) is 0. The molecule has 0 N–H and O–H groups in total. The standard InChI is InChI=1S/C14H17NO2S.C12H11NOS.C4H10O3/c1-10-13(18-9-15-10)11-5-7-12(8-6-11)14(2,16-3)17-4;1-8-12(15-7-13-8)11-5-3-10(4-6-11)9(2)14;1-5-4(6-2)7-3/h5-9H,1-4H3;3-7H,1-2H3;4H,1-3H3. The SMILES string of the molecule is CC(=O)c1ccc(-c2scnc2C)cc1.COC(C)(OC)c1ccc(-c2scnc2C)cc1.COC(OC)OC. The van der Waals surface area contributed by atoms with Crippen molar-refractivity contribution in [2.75, 3.05) is 35.5 Å². The van der Waals surface area contributed by atoms with Crippen LogP contribution in [0, 0.1) is 13.8 Å². The summed E-state index contributed by atoms with van der Waals surface area (Å²) in [4.78, 5) is 21.9. The molecule has 0 atom stereocenters. The van der Waals surface area contributed by atoms with E-state index in [-0.39, 0.29) is 5.78 Å². The number of carbonyl (C=O) groups excluding carboxylic acids is 1. The van der Waals surface area contributed by atoms with Crippen LogP contribution in [0.4, 0.5) is 0 Å². The summed E-state index contributed by atoms with van der Waals surface area (Å²) >= 11 is 3.27. The smallest absolute Gasteiger partial charge is 0.270 e. The Bertz CT molecular complexity index is 1290. The molecule has 4 aromatic rings. The highest BCUT2D eigenvalue weighted by Crippen LogP contribution is 2.31. The molecular weight excluding hydrogens is 548 g/mol.